The first-order valence-corrected chi connectivity index (χ1v) is 5.83. The summed E-state index contributed by atoms with van der Waals surface area (Å²) in [6.45, 7) is 1.88. The Kier molecular flexibility index (Phi) is 3.75. The number of nitrogens with two attached hydrogens (primary N) is 1. The lowest BCUT2D eigenvalue weighted by Crippen LogP contribution is -2.12. The number of carbonyl (C=O) groups is 1. The highest BCUT2D eigenvalue weighted by Gasteiger charge is 2.08. The zero-order chi connectivity index (χ0) is 13.8. The Morgan fingerprint density at radius 3 is 2.84 bits per heavy atom. The number of carbonyl (C=O) groups excluding carboxylic acids is 1. The van der Waals surface area contributed by atoms with E-state index in [1.54, 1.807) is 24.4 Å². The number of benzene rings is 1. The van der Waals surface area contributed by atoms with Gasteiger partial charge in [-0.3, -0.25) is 9.78 Å². The average Bonchev–Trinajstić information content (AvgIpc) is 2.39. The van der Waals surface area contributed by atoms with Crippen molar-refractivity contribution < 1.29 is 9.18 Å². The van der Waals surface area contributed by atoms with Crippen molar-refractivity contribution in [3.8, 4) is 0 Å². The third-order valence-corrected chi connectivity index (χ3v) is 2.76. The number of nitrogens with zero attached hydrogens (tertiary/aromatic N) is 1. The molecule has 0 saturated heterocycles. The summed E-state index contributed by atoms with van der Waals surface area (Å²) in [6.07, 6.45) is 2.75. The molecule has 0 saturated carbocycles. The lowest BCUT2D eigenvalue weighted by molar-refractivity contribution is 0.100. The summed E-state index contributed by atoms with van der Waals surface area (Å²) in [5, 5.41) is 3.17. The summed E-state index contributed by atoms with van der Waals surface area (Å²) in [4.78, 5) is 14.9. The van der Waals surface area contributed by atoms with Gasteiger partial charge in [-0.15, -0.1) is 0 Å². The van der Waals surface area contributed by atoms with E-state index in [4.69, 9.17) is 5.73 Å². The molecule has 1 aromatic carbocycles. The number of nitrogens with one attached hydrogen (secondary N) is 1. The molecule has 1 atom stereocenters. The third-order valence-electron chi connectivity index (χ3n) is 2.76. The highest BCUT2D eigenvalue weighted by Crippen LogP contribution is 2.19. The Bertz CT molecular complexity index is 601. The summed E-state index contributed by atoms with van der Waals surface area (Å²) in [6, 6.07) is 8.14. The molecule has 1 aromatic heterocycles. The second-order valence-electron chi connectivity index (χ2n) is 4.25. The fourth-order valence-corrected chi connectivity index (χ4v) is 1.76. The zero-order valence-corrected chi connectivity index (χ0v) is 10.4. The van der Waals surface area contributed by atoms with Gasteiger partial charge in [-0.1, -0.05) is 6.07 Å². The molecule has 0 aliphatic carbocycles. The van der Waals surface area contributed by atoms with Crippen LogP contribution in [0.5, 0.6) is 0 Å². The molecule has 1 unspecified atom stereocenters. The van der Waals surface area contributed by atoms with Crippen molar-refractivity contribution in [2.45, 2.75) is 13.0 Å². The fourth-order valence-electron chi connectivity index (χ4n) is 1.76. The van der Waals surface area contributed by atoms with Crippen LogP contribution in [0, 0.1) is 5.82 Å². The first kappa shape index (κ1) is 13.0. The van der Waals surface area contributed by atoms with Crippen LogP contribution in [0.4, 0.5) is 10.1 Å². The molecule has 0 bridgehead atoms. The Morgan fingerprint density at radius 2 is 2.16 bits per heavy atom. The number of hydrogen-bond acceptors (Lipinski definition) is 3. The number of rotatable bonds is 4. The zero-order valence-electron chi connectivity index (χ0n) is 10.4. The SMILES string of the molecule is CC(Nc1cccc(C(N)=O)c1)c1cncc(F)c1. The average molecular weight is 259 g/mol. The maximum absolute atomic E-state index is 13.1. The van der Waals surface area contributed by atoms with E-state index in [1.165, 1.54) is 6.07 Å². The molecule has 4 nitrogen and oxygen atoms in total. The molecular formula is C14H14FN3O. The lowest BCUT2D eigenvalue weighted by atomic mass is 10.1. The maximum atomic E-state index is 13.1. The van der Waals surface area contributed by atoms with E-state index in [2.05, 4.69) is 10.3 Å². The van der Waals surface area contributed by atoms with Crippen molar-refractivity contribution in [1.29, 1.82) is 0 Å². The van der Waals surface area contributed by atoms with E-state index in [9.17, 15) is 9.18 Å². The lowest BCUT2D eigenvalue weighted by Gasteiger charge is -2.15. The highest BCUT2D eigenvalue weighted by atomic mass is 19.1. The predicted octanol–water partition coefficient (Wildman–Crippen LogP) is 2.49. The Hall–Kier alpha value is -2.43. The molecule has 2 aromatic rings. The van der Waals surface area contributed by atoms with Gasteiger partial charge in [0.05, 0.1) is 12.2 Å². The van der Waals surface area contributed by atoms with E-state index >= 15 is 0 Å². The maximum Gasteiger partial charge on any atom is 0.248 e. The molecule has 0 spiro atoms. The van der Waals surface area contributed by atoms with Crippen LogP contribution < -0.4 is 11.1 Å². The third kappa shape index (κ3) is 3.28. The molecule has 0 fully saturated rings. The van der Waals surface area contributed by atoms with E-state index in [0.717, 1.165) is 17.4 Å². The first-order valence-electron chi connectivity index (χ1n) is 5.83. The van der Waals surface area contributed by atoms with Gasteiger partial charge in [-0.25, -0.2) is 4.39 Å². The molecule has 98 valence electrons. The number of primary amides is 1. The minimum atomic E-state index is -0.483. The number of aromatic nitrogens is 1. The van der Waals surface area contributed by atoms with Crippen LogP contribution in [0.15, 0.2) is 42.7 Å². The van der Waals surface area contributed by atoms with Gasteiger partial charge in [-0.05, 0) is 36.8 Å². The van der Waals surface area contributed by atoms with Crippen molar-refractivity contribution in [1.82, 2.24) is 4.98 Å². The normalized spacial score (nSPS) is 11.9. The quantitative estimate of drug-likeness (QED) is 0.886. The first-order chi connectivity index (χ1) is 9.06. The van der Waals surface area contributed by atoms with Crippen molar-refractivity contribution in [3.05, 3.63) is 59.7 Å². The van der Waals surface area contributed by atoms with E-state index in [1.807, 2.05) is 13.0 Å². The minimum Gasteiger partial charge on any atom is -0.378 e. The summed E-state index contributed by atoms with van der Waals surface area (Å²) < 4.78 is 13.1. The summed E-state index contributed by atoms with van der Waals surface area (Å²) in [5.41, 5.74) is 7.11. The van der Waals surface area contributed by atoms with Crippen LogP contribution in [0.1, 0.15) is 28.9 Å². The standard InChI is InChI=1S/C14H14FN3O/c1-9(11-5-12(15)8-17-7-11)18-13-4-2-3-10(6-13)14(16)19/h2-9,18H,1H3,(H2,16,19). The number of amides is 1. The number of halogens is 1. The van der Waals surface area contributed by atoms with E-state index < -0.39 is 5.91 Å². The van der Waals surface area contributed by atoms with Gasteiger partial charge in [0.1, 0.15) is 5.82 Å². The Labute approximate surface area is 110 Å². The topological polar surface area (TPSA) is 68.0 Å². The molecule has 1 amide bonds. The number of hydrogen-bond donors (Lipinski definition) is 2. The van der Waals surface area contributed by atoms with Gasteiger partial charge in [0.15, 0.2) is 0 Å². The van der Waals surface area contributed by atoms with E-state index in [-0.39, 0.29) is 11.9 Å². The summed E-state index contributed by atoms with van der Waals surface area (Å²) in [7, 11) is 0. The van der Waals surface area contributed by atoms with Crippen molar-refractivity contribution in [3.63, 3.8) is 0 Å². The minimum absolute atomic E-state index is 0.133. The van der Waals surface area contributed by atoms with Gasteiger partial charge < -0.3 is 11.1 Å². The van der Waals surface area contributed by atoms with Crippen LogP contribution in [0.2, 0.25) is 0 Å². The smallest absolute Gasteiger partial charge is 0.248 e. The van der Waals surface area contributed by atoms with Gasteiger partial charge in [0.2, 0.25) is 5.91 Å². The molecule has 0 aliphatic rings. The molecule has 1 heterocycles. The fraction of sp³-hybridized carbons (Fsp3) is 0.143. The molecule has 3 N–H and O–H groups in total. The van der Waals surface area contributed by atoms with Gasteiger partial charge in [0, 0.05) is 17.4 Å². The van der Waals surface area contributed by atoms with Crippen molar-refractivity contribution in [2.75, 3.05) is 5.32 Å². The highest BCUT2D eigenvalue weighted by molar-refractivity contribution is 5.93. The van der Waals surface area contributed by atoms with Crippen LogP contribution in [-0.2, 0) is 0 Å². The monoisotopic (exact) mass is 259 g/mol. The number of anilines is 1. The molecule has 0 aliphatic heterocycles. The van der Waals surface area contributed by atoms with Crippen LogP contribution in [0.3, 0.4) is 0 Å². The van der Waals surface area contributed by atoms with Gasteiger partial charge in [-0.2, -0.15) is 0 Å². The summed E-state index contributed by atoms with van der Waals surface area (Å²) in [5.74, 6) is -0.860. The van der Waals surface area contributed by atoms with Crippen LogP contribution >= 0.6 is 0 Å². The van der Waals surface area contributed by atoms with Gasteiger partial charge >= 0.3 is 0 Å². The molecule has 2 rings (SSSR count). The molecular weight excluding hydrogens is 245 g/mol. The molecule has 5 heteroatoms. The Morgan fingerprint density at radius 1 is 1.37 bits per heavy atom. The molecule has 0 radical (unpaired) electrons. The van der Waals surface area contributed by atoms with Crippen LogP contribution in [0.25, 0.3) is 0 Å². The van der Waals surface area contributed by atoms with Crippen molar-refractivity contribution in [2.24, 2.45) is 5.73 Å². The second-order valence-corrected chi connectivity index (χ2v) is 4.25. The Balaban J connectivity index is 2.17. The van der Waals surface area contributed by atoms with E-state index in [0.29, 0.717) is 5.56 Å². The largest absolute Gasteiger partial charge is 0.378 e. The van der Waals surface area contributed by atoms with Gasteiger partial charge in [0.25, 0.3) is 0 Å². The number of pyridine rings is 1. The second kappa shape index (κ2) is 5.48. The summed E-state index contributed by atoms with van der Waals surface area (Å²) >= 11 is 0. The van der Waals surface area contributed by atoms with Crippen molar-refractivity contribution >= 4 is 11.6 Å². The predicted molar refractivity (Wildman–Crippen MR) is 71.2 cm³/mol. The van der Waals surface area contributed by atoms with Crippen LogP contribution in [-0.4, -0.2) is 10.9 Å². The molecule has 19 heavy (non-hydrogen) atoms.